The van der Waals surface area contributed by atoms with Gasteiger partial charge in [-0.05, 0) is 18.8 Å². The first-order valence-corrected chi connectivity index (χ1v) is 4.14. The van der Waals surface area contributed by atoms with Gasteiger partial charge < -0.3 is 5.73 Å². The molecule has 0 aromatic carbocycles. The number of nitrogens with zero attached hydrogens (tertiary/aromatic N) is 3. The van der Waals surface area contributed by atoms with Gasteiger partial charge in [-0.15, -0.1) is 5.10 Å². The Kier molecular flexibility index (Phi) is 1.68. The molecule has 1 aromatic heterocycles. The van der Waals surface area contributed by atoms with E-state index in [1.165, 1.54) is 19.0 Å². The molecule has 0 bridgehead atoms. The first-order valence-electron chi connectivity index (χ1n) is 4.14. The van der Waals surface area contributed by atoms with E-state index in [1.807, 2.05) is 0 Å². The molecule has 0 unspecified atom stereocenters. The van der Waals surface area contributed by atoms with Gasteiger partial charge in [-0.25, -0.2) is 0 Å². The molecule has 1 aliphatic rings. The van der Waals surface area contributed by atoms with Gasteiger partial charge >= 0.3 is 5.69 Å². The Morgan fingerprint density at radius 3 is 2.92 bits per heavy atom. The quantitative estimate of drug-likeness (QED) is 0.552. The van der Waals surface area contributed by atoms with Crippen LogP contribution in [0.3, 0.4) is 0 Å². The third kappa shape index (κ3) is 1.61. The average Bonchev–Trinajstić information content (AvgIpc) is 2.75. The molecule has 0 atom stereocenters. The molecular formula is C7H10N4O2. The fourth-order valence-corrected chi connectivity index (χ4v) is 1.22. The molecule has 13 heavy (non-hydrogen) atoms. The summed E-state index contributed by atoms with van der Waals surface area (Å²) in [6.45, 7) is 0.748. The van der Waals surface area contributed by atoms with Crippen molar-refractivity contribution >= 4 is 11.5 Å². The molecule has 1 saturated carbocycles. The molecule has 0 radical (unpaired) electrons. The van der Waals surface area contributed by atoms with E-state index in [1.54, 1.807) is 4.68 Å². The number of anilines is 1. The highest BCUT2D eigenvalue weighted by molar-refractivity contribution is 5.50. The molecule has 70 valence electrons. The van der Waals surface area contributed by atoms with Crippen LogP contribution in [0.25, 0.3) is 0 Å². The Balaban J connectivity index is 2.18. The summed E-state index contributed by atoms with van der Waals surface area (Å²) in [5.41, 5.74) is 5.27. The lowest BCUT2D eigenvalue weighted by Crippen LogP contribution is -2.00. The average molecular weight is 182 g/mol. The first kappa shape index (κ1) is 8.03. The van der Waals surface area contributed by atoms with Crippen molar-refractivity contribution in [1.82, 2.24) is 9.78 Å². The monoisotopic (exact) mass is 182 g/mol. The molecule has 6 heteroatoms. The van der Waals surface area contributed by atoms with E-state index in [0.717, 1.165) is 6.54 Å². The summed E-state index contributed by atoms with van der Waals surface area (Å²) in [7, 11) is 0. The SMILES string of the molecule is Nc1nn(CC2CC2)cc1[N+](=O)[O-]. The van der Waals surface area contributed by atoms with Crippen molar-refractivity contribution in [1.29, 1.82) is 0 Å². The number of rotatable bonds is 3. The Bertz CT molecular complexity index is 342. The van der Waals surface area contributed by atoms with Crippen LogP contribution in [0.5, 0.6) is 0 Å². The van der Waals surface area contributed by atoms with Crippen LogP contribution in [0, 0.1) is 16.0 Å². The number of aromatic nitrogens is 2. The van der Waals surface area contributed by atoms with Crippen LogP contribution in [0.2, 0.25) is 0 Å². The standard InChI is InChI=1S/C7H10N4O2/c8-7-6(11(12)13)4-10(9-7)3-5-1-2-5/h4-5H,1-3H2,(H2,8,9). The lowest BCUT2D eigenvalue weighted by molar-refractivity contribution is -0.384. The lowest BCUT2D eigenvalue weighted by atomic mass is 10.4. The van der Waals surface area contributed by atoms with Crippen LogP contribution in [0.1, 0.15) is 12.8 Å². The molecule has 2 rings (SSSR count). The van der Waals surface area contributed by atoms with Crippen molar-refractivity contribution in [2.45, 2.75) is 19.4 Å². The summed E-state index contributed by atoms with van der Waals surface area (Å²) in [6.07, 6.45) is 3.77. The van der Waals surface area contributed by atoms with Crippen molar-refractivity contribution in [2.24, 2.45) is 5.92 Å². The fraction of sp³-hybridized carbons (Fsp3) is 0.571. The normalized spacial score (nSPS) is 16.0. The van der Waals surface area contributed by atoms with Crippen LogP contribution < -0.4 is 5.73 Å². The molecule has 1 fully saturated rings. The first-order chi connectivity index (χ1) is 6.16. The molecule has 2 N–H and O–H groups in total. The Hall–Kier alpha value is -1.59. The maximum absolute atomic E-state index is 10.4. The number of hydrogen-bond acceptors (Lipinski definition) is 4. The molecular weight excluding hydrogens is 172 g/mol. The molecule has 1 heterocycles. The summed E-state index contributed by atoms with van der Waals surface area (Å²) >= 11 is 0. The van der Waals surface area contributed by atoms with Gasteiger partial charge in [0.25, 0.3) is 0 Å². The van der Waals surface area contributed by atoms with Gasteiger partial charge in [0.1, 0.15) is 6.20 Å². The van der Waals surface area contributed by atoms with Crippen molar-refractivity contribution in [3.63, 3.8) is 0 Å². The molecule has 1 aromatic rings. The van der Waals surface area contributed by atoms with Gasteiger partial charge in [0.05, 0.1) is 4.92 Å². The number of hydrogen-bond donors (Lipinski definition) is 1. The number of nitrogens with two attached hydrogens (primary N) is 1. The summed E-state index contributed by atoms with van der Waals surface area (Å²) in [4.78, 5) is 9.90. The van der Waals surface area contributed by atoms with Crippen molar-refractivity contribution in [3.8, 4) is 0 Å². The minimum atomic E-state index is -0.508. The topological polar surface area (TPSA) is 87.0 Å². The van der Waals surface area contributed by atoms with Crippen molar-refractivity contribution in [2.75, 3.05) is 5.73 Å². The summed E-state index contributed by atoms with van der Waals surface area (Å²) < 4.78 is 1.56. The van der Waals surface area contributed by atoms with Crippen molar-refractivity contribution in [3.05, 3.63) is 16.3 Å². The van der Waals surface area contributed by atoms with E-state index in [4.69, 9.17) is 5.73 Å². The molecule has 0 amide bonds. The highest BCUT2D eigenvalue weighted by atomic mass is 16.6. The van der Waals surface area contributed by atoms with Crippen LogP contribution in [0.4, 0.5) is 11.5 Å². The van der Waals surface area contributed by atoms with Gasteiger partial charge in [0, 0.05) is 6.54 Å². The Morgan fingerprint density at radius 1 is 1.77 bits per heavy atom. The van der Waals surface area contributed by atoms with E-state index in [-0.39, 0.29) is 11.5 Å². The molecule has 1 aliphatic carbocycles. The van der Waals surface area contributed by atoms with Gasteiger partial charge in [0.2, 0.25) is 5.82 Å². The van der Waals surface area contributed by atoms with Gasteiger partial charge in [-0.3, -0.25) is 14.8 Å². The van der Waals surface area contributed by atoms with E-state index >= 15 is 0 Å². The number of nitrogen functional groups attached to an aromatic ring is 1. The molecule has 0 saturated heterocycles. The van der Waals surface area contributed by atoms with E-state index in [0.29, 0.717) is 5.92 Å². The van der Waals surface area contributed by atoms with E-state index in [2.05, 4.69) is 5.10 Å². The van der Waals surface area contributed by atoms with Crippen LogP contribution in [0.15, 0.2) is 6.20 Å². The fourth-order valence-electron chi connectivity index (χ4n) is 1.22. The second kappa shape index (κ2) is 2.72. The summed E-state index contributed by atoms with van der Waals surface area (Å²) in [6, 6.07) is 0. The van der Waals surface area contributed by atoms with Crippen LogP contribution in [-0.2, 0) is 6.54 Å². The molecule has 6 nitrogen and oxygen atoms in total. The largest absolute Gasteiger partial charge is 0.376 e. The zero-order chi connectivity index (χ0) is 9.42. The zero-order valence-corrected chi connectivity index (χ0v) is 7.01. The predicted octanol–water partition coefficient (Wildman–Crippen LogP) is 0.783. The van der Waals surface area contributed by atoms with Gasteiger partial charge in [0.15, 0.2) is 0 Å². The third-order valence-electron chi connectivity index (χ3n) is 2.11. The lowest BCUT2D eigenvalue weighted by Gasteiger charge is -1.94. The maximum atomic E-state index is 10.4. The van der Waals surface area contributed by atoms with Crippen LogP contribution >= 0.6 is 0 Å². The third-order valence-corrected chi connectivity index (χ3v) is 2.11. The zero-order valence-electron chi connectivity index (χ0n) is 7.01. The second-order valence-electron chi connectivity index (χ2n) is 3.32. The highest BCUT2D eigenvalue weighted by Gasteiger charge is 2.24. The molecule has 0 aliphatic heterocycles. The van der Waals surface area contributed by atoms with Gasteiger partial charge in [-0.2, -0.15) is 0 Å². The second-order valence-corrected chi connectivity index (χ2v) is 3.32. The predicted molar refractivity (Wildman–Crippen MR) is 46.0 cm³/mol. The molecule has 0 spiro atoms. The minimum Gasteiger partial charge on any atom is -0.376 e. The smallest absolute Gasteiger partial charge is 0.330 e. The van der Waals surface area contributed by atoms with E-state index in [9.17, 15) is 10.1 Å². The summed E-state index contributed by atoms with van der Waals surface area (Å²) in [5.74, 6) is 0.643. The van der Waals surface area contributed by atoms with Crippen molar-refractivity contribution < 1.29 is 4.92 Å². The summed E-state index contributed by atoms with van der Waals surface area (Å²) in [5, 5.41) is 14.3. The number of nitro groups is 1. The Morgan fingerprint density at radius 2 is 2.46 bits per heavy atom. The van der Waals surface area contributed by atoms with Gasteiger partial charge in [-0.1, -0.05) is 0 Å². The van der Waals surface area contributed by atoms with Crippen LogP contribution in [-0.4, -0.2) is 14.7 Å². The highest BCUT2D eigenvalue weighted by Crippen LogP contribution is 2.31. The van der Waals surface area contributed by atoms with E-state index < -0.39 is 4.92 Å². The minimum absolute atomic E-state index is 0.00523. The Labute approximate surface area is 74.5 Å². The maximum Gasteiger partial charge on any atom is 0.330 e.